The predicted molar refractivity (Wildman–Crippen MR) is 35.4 cm³/mol. The lowest BCUT2D eigenvalue weighted by Crippen LogP contribution is -1.93. The van der Waals surface area contributed by atoms with Crippen molar-refractivity contribution in [3.8, 4) is 0 Å². The molecule has 0 aliphatic carbocycles. The maximum Gasteiger partial charge on any atom is 0.335 e. The minimum Gasteiger partial charge on any atom is -0.479 e. The number of hydrogen-bond donors (Lipinski definition) is 1. The molecule has 0 saturated heterocycles. The highest BCUT2D eigenvalue weighted by Gasteiger charge is 1.85. The van der Waals surface area contributed by atoms with Crippen molar-refractivity contribution in [1.82, 2.24) is 0 Å². The molecule has 0 unspecified atom stereocenters. The summed E-state index contributed by atoms with van der Waals surface area (Å²) in [6, 6.07) is 0. The van der Waals surface area contributed by atoms with Crippen LogP contribution in [0.4, 0.5) is 4.39 Å². The van der Waals surface area contributed by atoms with Crippen molar-refractivity contribution < 1.29 is 14.3 Å². The lowest BCUT2D eigenvalue weighted by molar-refractivity contribution is -0.137. The molecule has 0 aliphatic rings. The number of rotatable bonds is 1. The van der Waals surface area contributed by atoms with Crippen LogP contribution >= 0.6 is 37.2 Å². The van der Waals surface area contributed by atoms with Gasteiger partial charge in [-0.1, -0.05) is 0 Å². The van der Waals surface area contributed by atoms with Gasteiger partial charge in [-0.05, 0) is 0 Å². The van der Waals surface area contributed by atoms with Crippen LogP contribution in [-0.2, 0) is 4.79 Å². The molecule has 2 nitrogen and oxygen atoms in total. The second-order valence-electron chi connectivity index (χ2n) is 0.527. The van der Waals surface area contributed by atoms with Gasteiger partial charge in [0.05, 0.1) is 0 Å². The first-order valence-electron chi connectivity index (χ1n) is 1.05. The van der Waals surface area contributed by atoms with Gasteiger partial charge in [0, 0.05) is 0 Å². The van der Waals surface area contributed by atoms with Gasteiger partial charge in [0.25, 0.3) is 0 Å². The van der Waals surface area contributed by atoms with Gasteiger partial charge in [-0.25, -0.2) is 9.18 Å². The number of carbonyl (C=O) groups is 1. The fourth-order valence-corrected chi connectivity index (χ4v) is 0. The monoisotopic (exact) mass is 186 g/mol. The first kappa shape index (κ1) is 24.0. The summed E-state index contributed by atoms with van der Waals surface area (Å²) in [5.41, 5.74) is 0. The number of carboxylic acid groups (broad SMARTS) is 1. The summed E-state index contributed by atoms with van der Waals surface area (Å²) in [5, 5.41) is 7.35. The van der Waals surface area contributed by atoms with E-state index in [1.807, 2.05) is 0 Å². The standard InChI is InChI=1S/C2H3FO2.3ClH/c3-1-2(4)5;;;/h1H2,(H,4,5);3*1H. The molecule has 0 fully saturated rings. The van der Waals surface area contributed by atoms with Crippen LogP contribution < -0.4 is 0 Å². The maximum atomic E-state index is 10.5. The molecule has 0 aliphatic heterocycles. The van der Waals surface area contributed by atoms with Gasteiger partial charge in [-0.3, -0.25) is 0 Å². The van der Waals surface area contributed by atoms with Crippen molar-refractivity contribution in [2.75, 3.05) is 6.67 Å². The normalized spacial score (nSPS) is 4.62. The number of hydrogen-bond acceptors (Lipinski definition) is 1. The van der Waals surface area contributed by atoms with E-state index in [1.165, 1.54) is 0 Å². The summed E-state index contributed by atoms with van der Waals surface area (Å²) < 4.78 is 10.5. The molecule has 0 bridgehead atoms. The highest BCUT2D eigenvalue weighted by atomic mass is 35.5. The molecule has 0 rings (SSSR count). The van der Waals surface area contributed by atoms with Crippen LogP contribution in [0.15, 0.2) is 0 Å². The van der Waals surface area contributed by atoms with Crippen LogP contribution in [-0.4, -0.2) is 17.8 Å². The summed E-state index contributed by atoms with van der Waals surface area (Å²) in [7, 11) is 0. The highest BCUT2D eigenvalue weighted by molar-refractivity contribution is 5.86. The predicted octanol–water partition coefficient (Wildman–Crippen LogP) is 1.31. The Morgan fingerprint density at radius 1 is 1.38 bits per heavy atom. The molecule has 0 aromatic heterocycles. The van der Waals surface area contributed by atoms with Gasteiger partial charge >= 0.3 is 5.97 Å². The van der Waals surface area contributed by atoms with E-state index in [0.717, 1.165) is 0 Å². The summed E-state index contributed by atoms with van der Waals surface area (Å²) in [4.78, 5) is 8.99. The quantitative estimate of drug-likeness (QED) is 0.672. The Bertz CT molecular complexity index is 50.5. The first-order valence-corrected chi connectivity index (χ1v) is 1.05. The van der Waals surface area contributed by atoms with Crippen LogP contribution in [0.25, 0.3) is 0 Å². The Kier molecular flexibility index (Phi) is 47.0. The molecular weight excluding hydrogens is 181 g/mol. The Balaban J connectivity index is -0.0000000267. The van der Waals surface area contributed by atoms with Crippen LogP contribution in [0.2, 0.25) is 0 Å². The summed E-state index contributed by atoms with van der Waals surface area (Å²) in [6.45, 7) is -1.28. The van der Waals surface area contributed by atoms with Crippen molar-refractivity contribution in [1.29, 1.82) is 0 Å². The fourth-order valence-electron chi connectivity index (χ4n) is 0. The molecule has 8 heavy (non-hydrogen) atoms. The van der Waals surface area contributed by atoms with Crippen LogP contribution in [0, 0.1) is 0 Å². The number of carboxylic acids is 1. The first-order chi connectivity index (χ1) is 2.27. The van der Waals surface area contributed by atoms with Gasteiger partial charge in [-0.2, -0.15) is 0 Å². The van der Waals surface area contributed by atoms with Gasteiger partial charge < -0.3 is 5.11 Å². The number of alkyl halides is 1. The van der Waals surface area contributed by atoms with Crippen molar-refractivity contribution in [3.63, 3.8) is 0 Å². The molecule has 0 heterocycles. The van der Waals surface area contributed by atoms with Crippen molar-refractivity contribution in [2.45, 2.75) is 0 Å². The third-order valence-electron chi connectivity index (χ3n) is 0.114. The number of aliphatic carboxylic acids is 1. The molecule has 6 heteroatoms. The minimum absolute atomic E-state index is 0. The molecule has 0 radical (unpaired) electrons. The molecule has 54 valence electrons. The summed E-state index contributed by atoms with van der Waals surface area (Å²) >= 11 is 0. The van der Waals surface area contributed by atoms with E-state index in [4.69, 9.17) is 9.90 Å². The third-order valence-corrected chi connectivity index (χ3v) is 0.114. The zero-order valence-corrected chi connectivity index (χ0v) is 6.11. The van der Waals surface area contributed by atoms with Gasteiger partial charge in [0.2, 0.25) is 0 Å². The van der Waals surface area contributed by atoms with Crippen molar-refractivity contribution in [2.24, 2.45) is 0 Å². The number of halogens is 4. The Morgan fingerprint density at radius 3 is 1.50 bits per heavy atom. The van der Waals surface area contributed by atoms with Gasteiger partial charge in [0.15, 0.2) is 6.67 Å². The van der Waals surface area contributed by atoms with E-state index < -0.39 is 12.6 Å². The van der Waals surface area contributed by atoms with Crippen LogP contribution in [0.3, 0.4) is 0 Å². The molecule has 0 amide bonds. The molecule has 0 aromatic rings. The van der Waals surface area contributed by atoms with Crippen molar-refractivity contribution in [3.05, 3.63) is 0 Å². The molecule has 0 spiro atoms. The molecule has 0 aromatic carbocycles. The van der Waals surface area contributed by atoms with E-state index in [9.17, 15) is 4.39 Å². The van der Waals surface area contributed by atoms with Crippen molar-refractivity contribution >= 4 is 43.2 Å². The average Bonchev–Trinajstić information content (AvgIpc) is 1.38. The highest BCUT2D eigenvalue weighted by Crippen LogP contribution is 1.60. The molecule has 0 atom stereocenters. The Labute approximate surface area is 64.7 Å². The van der Waals surface area contributed by atoms with E-state index in [0.29, 0.717) is 0 Å². The van der Waals surface area contributed by atoms with Gasteiger partial charge in [-0.15, -0.1) is 37.2 Å². The molecule has 1 N–H and O–H groups in total. The van der Waals surface area contributed by atoms with E-state index in [1.54, 1.807) is 0 Å². The van der Waals surface area contributed by atoms with Crippen LogP contribution in [0.5, 0.6) is 0 Å². The molecular formula is C2H6Cl3FO2. The van der Waals surface area contributed by atoms with E-state index in [-0.39, 0.29) is 37.2 Å². The maximum absolute atomic E-state index is 10.5. The average molecular weight is 187 g/mol. The smallest absolute Gasteiger partial charge is 0.335 e. The minimum atomic E-state index is -1.41. The van der Waals surface area contributed by atoms with Gasteiger partial charge in [0.1, 0.15) is 0 Å². The zero-order chi connectivity index (χ0) is 4.28. The largest absolute Gasteiger partial charge is 0.479 e. The lowest BCUT2D eigenvalue weighted by atomic mass is 10.8. The van der Waals surface area contributed by atoms with Crippen LogP contribution in [0.1, 0.15) is 0 Å². The fraction of sp³-hybridized carbons (Fsp3) is 0.500. The SMILES string of the molecule is Cl.Cl.Cl.O=C(O)CF. The zero-order valence-electron chi connectivity index (χ0n) is 3.67. The third kappa shape index (κ3) is 33.8. The lowest BCUT2D eigenvalue weighted by Gasteiger charge is -1.69. The van der Waals surface area contributed by atoms with E-state index >= 15 is 0 Å². The summed E-state index contributed by atoms with van der Waals surface area (Å²) in [5.74, 6) is -1.41. The Morgan fingerprint density at radius 2 is 1.50 bits per heavy atom. The van der Waals surface area contributed by atoms with E-state index in [2.05, 4.69) is 0 Å². The molecule has 0 saturated carbocycles. The summed E-state index contributed by atoms with van der Waals surface area (Å²) in [6.07, 6.45) is 0. The topological polar surface area (TPSA) is 37.3 Å². The Hall–Kier alpha value is 0.270. The second kappa shape index (κ2) is 15.7. The second-order valence-corrected chi connectivity index (χ2v) is 0.527.